The van der Waals surface area contributed by atoms with Gasteiger partial charge in [-0.05, 0) is 49.4 Å². The van der Waals surface area contributed by atoms with Gasteiger partial charge in [0.1, 0.15) is 22.8 Å². The lowest BCUT2D eigenvalue weighted by Crippen LogP contribution is -2.13. The highest BCUT2D eigenvalue weighted by molar-refractivity contribution is 6.08. The monoisotopic (exact) mass is 438 g/mol. The average molecular weight is 438 g/mol. The molecule has 1 amide bonds. The van der Waals surface area contributed by atoms with Gasteiger partial charge in [-0.3, -0.25) is 4.79 Å². The van der Waals surface area contributed by atoms with Gasteiger partial charge in [-0.2, -0.15) is 5.10 Å². The van der Waals surface area contributed by atoms with E-state index in [0.29, 0.717) is 35.1 Å². The van der Waals surface area contributed by atoms with Crippen LogP contribution in [0, 0.1) is 0 Å². The Balaban J connectivity index is 1.77. The van der Waals surface area contributed by atoms with Crippen molar-refractivity contribution < 1.29 is 23.0 Å². The normalized spacial score (nSPS) is 11.0. The average Bonchev–Trinajstić information content (AvgIpc) is 3.24. The number of methoxy groups -OCH3 is 1. The van der Waals surface area contributed by atoms with Crippen LogP contribution in [0.1, 0.15) is 29.4 Å². The number of amides is 1. The van der Waals surface area contributed by atoms with Gasteiger partial charge in [0.2, 0.25) is 0 Å². The number of fused-ring (bicyclic) bond motifs is 1. The first-order chi connectivity index (χ1) is 15.5. The Morgan fingerprint density at radius 2 is 1.91 bits per heavy atom. The number of carbonyl (C=O) groups is 1. The van der Waals surface area contributed by atoms with Crippen LogP contribution in [-0.4, -0.2) is 34.2 Å². The predicted octanol–water partition coefficient (Wildman–Crippen LogP) is 4.99. The molecular weight excluding hydrogens is 418 g/mol. The maximum Gasteiger partial charge on any atom is 0.280 e. The summed E-state index contributed by atoms with van der Waals surface area (Å²) in [6.07, 6.45) is -1.59. The van der Waals surface area contributed by atoms with E-state index in [4.69, 9.17) is 9.47 Å². The smallest absolute Gasteiger partial charge is 0.280 e. The molecule has 7 nitrogen and oxygen atoms in total. The van der Waals surface area contributed by atoms with Gasteiger partial charge in [-0.25, -0.2) is 18.3 Å². The SMILES string of the molecule is CCOc1ccccc1NC(=O)c1cnn2c(C(F)F)cc(-c3ccc(OC)cc3)nc12. The molecule has 0 aliphatic heterocycles. The van der Waals surface area contributed by atoms with Gasteiger partial charge in [0, 0.05) is 5.56 Å². The third-order valence-corrected chi connectivity index (χ3v) is 4.79. The van der Waals surface area contributed by atoms with E-state index in [2.05, 4.69) is 15.4 Å². The van der Waals surface area contributed by atoms with Crippen molar-refractivity contribution in [1.29, 1.82) is 0 Å². The van der Waals surface area contributed by atoms with Crippen LogP contribution < -0.4 is 14.8 Å². The molecule has 32 heavy (non-hydrogen) atoms. The number of nitrogens with zero attached hydrogens (tertiary/aromatic N) is 3. The molecule has 4 rings (SSSR count). The van der Waals surface area contributed by atoms with Gasteiger partial charge in [0.15, 0.2) is 5.65 Å². The zero-order chi connectivity index (χ0) is 22.7. The summed E-state index contributed by atoms with van der Waals surface area (Å²) in [7, 11) is 1.54. The Morgan fingerprint density at radius 3 is 2.59 bits per heavy atom. The molecule has 164 valence electrons. The van der Waals surface area contributed by atoms with Gasteiger partial charge in [0.25, 0.3) is 12.3 Å². The van der Waals surface area contributed by atoms with E-state index in [0.717, 1.165) is 4.52 Å². The molecule has 2 heterocycles. The summed E-state index contributed by atoms with van der Waals surface area (Å²) in [5.41, 5.74) is 1.08. The summed E-state index contributed by atoms with van der Waals surface area (Å²) in [4.78, 5) is 17.5. The van der Waals surface area contributed by atoms with Crippen molar-refractivity contribution in [1.82, 2.24) is 14.6 Å². The lowest BCUT2D eigenvalue weighted by Gasteiger charge is -2.11. The molecule has 2 aromatic heterocycles. The molecule has 4 aromatic rings. The van der Waals surface area contributed by atoms with Crippen LogP contribution in [-0.2, 0) is 0 Å². The minimum Gasteiger partial charge on any atom is -0.497 e. The molecular formula is C23H20F2N4O3. The van der Waals surface area contributed by atoms with E-state index in [1.807, 2.05) is 6.92 Å². The van der Waals surface area contributed by atoms with Crippen LogP contribution in [0.2, 0.25) is 0 Å². The van der Waals surface area contributed by atoms with Crippen molar-refractivity contribution in [2.24, 2.45) is 0 Å². The summed E-state index contributed by atoms with van der Waals surface area (Å²) in [6, 6.07) is 15.0. The lowest BCUT2D eigenvalue weighted by atomic mass is 10.1. The molecule has 0 aliphatic carbocycles. The van der Waals surface area contributed by atoms with Crippen molar-refractivity contribution in [3.8, 4) is 22.8 Å². The number of benzene rings is 2. The summed E-state index contributed by atoms with van der Waals surface area (Å²) < 4.78 is 39.2. The van der Waals surface area contributed by atoms with Crippen LogP contribution >= 0.6 is 0 Å². The summed E-state index contributed by atoms with van der Waals surface area (Å²) in [6.45, 7) is 2.26. The second-order valence-electron chi connectivity index (χ2n) is 6.77. The number of carbonyl (C=O) groups excluding carboxylic acids is 1. The van der Waals surface area contributed by atoms with Gasteiger partial charge in [-0.15, -0.1) is 0 Å². The molecule has 0 atom stereocenters. The first-order valence-electron chi connectivity index (χ1n) is 9.86. The van der Waals surface area contributed by atoms with Gasteiger partial charge >= 0.3 is 0 Å². The quantitative estimate of drug-likeness (QED) is 0.440. The minimum absolute atomic E-state index is 0.0278. The second-order valence-corrected chi connectivity index (χ2v) is 6.77. The summed E-state index contributed by atoms with van der Waals surface area (Å²) in [5, 5.41) is 6.74. The molecule has 0 fully saturated rings. The van der Waals surface area contributed by atoms with Crippen LogP contribution in [0.3, 0.4) is 0 Å². The fraction of sp³-hybridized carbons (Fsp3) is 0.174. The number of aromatic nitrogens is 3. The van der Waals surface area contributed by atoms with E-state index in [1.54, 1.807) is 48.5 Å². The molecule has 0 radical (unpaired) electrons. The third-order valence-electron chi connectivity index (χ3n) is 4.79. The number of anilines is 1. The second kappa shape index (κ2) is 9.01. The molecule has 0 saturated carbocycles. The Bertz CT molecular complexity index is 1260. The molecule has 0 unspecified atom stereocenters. The fourth-order valence-electron chi connectivity index (χ4n) is 3.25. The van der Waals surface area contributed by atoms with Gasteiger partial charge in [-0.1, -0.05) is 12.1 Å². The van der Waals surface area contributed by atoms with Crippen molar-refractivity contribution >= 4 is 17.2 Å². The van der Waals surface area contributed by atoms with Crippen molar-refractivity contribution in [2.45, 2.75) is 13.3 Å². The number of hydrogen-bond acceptors (Lipinski definition) is 5. The number of para-hydroxylation sites is 2. The fourth-order valence-corrected chi connectivity index (χ4v) is 3.25. The van der Waals surface area contributed by atoms with E-state index < -0.39 is 12.3 Å². The number of ether oxygens (including phenoxy) is 2. The standard InChI is InChI=1S/C23H20F2N4O3/c1-3-32-20-7-5-4-6-17(20)28-23(30)16-13-26-29-19(21(24)25)12-18(27-22(16)29)14-8-10-15(31-2)11-9-14/h4-13,21H,3H2,1-2H3,(H,28,30). The maximum absolute atomic E-state index is 13.8. The highest BCUT2D eigenvalue weighted by atomic mass is 19.3. The number of rotatable bonds is 7. The molecule has 0 bridgehead atoms. The van der Waals surface area contributed by atoms with E-state index in [1.165, 1.54) is 19.4 Å². The van der Waals surface area contributed by atoms with Crippen LogP contribution in [0.25, 0.3) is 16.9 Å². The molecule has 0 spiro atoms. The van der Waals surface area contributed by atoms with Crippen LogP contribution in [0.5, 0.6) is 11.5 Å². The van der Waals surface area contributed by atoms with Crippen molar-refractivity contribution in [3.05, 3.63) is 72.1 Å². The number of hydrogen-bond donors (Lipinski definition) is 1. The first-order valence-corrected chi connectivity index (χ1v) is 9.86. The largest absolute Gasteiger partial charge is 0.497 e. The molecule has 1 N–H and O–H groups in total. The highest BCUT2D eigenvalue weighted by Gasteiger charge is 2.22. The molecule has 0 saturated heterocycles. The zero-order valence-corrected chi connectivity index (χ0v) is 17.4. The predicted molar refractivity (Wildman–Crippen MR) is 115 cm³/mol. The van der Waals surface area contributed by atoms with Crippen molar-refractivity contribution in [3.63, 3.8) is 0 Å². The number of halogens is 2. The number of alkyl halides is 2. The van der Waals surface area contributed by atoms with E-state index in [-0.39, 0.29) is 16.9 Å². The maximum atomic E-state index is 13.8. The Hall–Kier alpha value is -4.01. The van der Waals surface area contributed by atoms with Crippen LogP contribution in [0.15, 0.2) is 60.8 Å². The summed E-state index contributed by atoms with van der Waals surface area (Å²) >= 11 is 0. The summed E-state index contributed by atoms with van der Waals surface area (Å²) in [5.74, 6) is 0.591. The van der Waals surface area contributed by atoms with Gasteiger partial charge < -0.3 is 14.8 Å². The topological polar surface area (TPSA) is 77.8 Å². The van der Waals surface area contributed by atoms with Crippen molar-refractivity contribution in [2.75, 3.05) is 19.0 Å². The third kappa shape index (κ3) is 4.09. The lowest BCUT2D eigenvalue weighted by molar-refractivity contribution is 0.102. The highest BCUT2D eigenvalue weighted by Crippen LogP contribution is 2.29. The molecule has 2 aromatic carbocycles. The Morgan fingerprint density at radius 1 is 1.16 bits per heavy atom. The minimum atomic E-state index is -2.81. The first kappa shape index (κ1) is 21.2. The molecule has 0 aliphatic rings. The number of nitrogens with one attached hydrogen (secondary N) is 1. The Labute approximate surface area is 182 Å². The van der Waals surface area contributed by atoms with Gasteiger partial charge in [0.05, 0.1) is 31.3 Å². The van der Waals surface area contributed by atoms with E-state index in [9.17, 15) is 13.6 Å². The zero-order valence-electron chi connectivity index (χ0n) is 17.4. The van der Waals surface area contributed by atoms with Crippen LogP contribution in [0.4, 0.5) is 14.5 Å². The Kier molecular flexibility index (Phi) is 5.98. The molecule has 9 heteroatoms. The van der Waals surface area contributed by atoms with E-state index >= 15 is 0 Å².